The monoisotopic (exact) mass is 318 g/mol. The molecule has 1 aromatic rings. The first kappa shape index (κ1) is 16.4. The topological polar surface area (TPSA) is 52.8 Å². The Hall–Kier alpha value is -1.49. The van der Waals surface area contributed by atoms with Crippen molar-refractivity contribution in [1.29, 1.82) is 0 Å². The highest BCUT2D eigenvalue weighted by atomic mass is 16.3. The summed E-state index contributed by atoms with van der Waals surface area (Å²) in [4.78, 5) is 7.33. The lowest BCUT2D eigenvalue weighted by Crippen LogP contribution is -2.49. The zero-order chi connectivity index (χ0) is 15.9. The smallest absolute Gasteiger partial charge is 0.191 e. The zero-order valence-corrected chi connectivity index (χ0v) is 14.3. The van der Waals surface area contributed by atoms with Crippen LogP contribution in [0.1, 0.15) is 44.8 Å². The van der Waals surface area contributed by atoms with Crippen molar-refractivity contribution < 1.29 is 4.42 Å². The third-order valence-corrected chi connectivity index (χ3v) is 4.67. The van der Waals surface area contributed by atoms with Crippen LogP contribution in [0.15, 0.2) is 27.8 Å². The van der Waals surface area contributed by atoms with E-state index in [0.717, 1.165) is 43.7 Å². The molecule has 0 spiro atoms. The van der Waals surface area contributed by atoms with Gasteiger partial charge in [-0.15, -0.1) is 0 Å². The molecule has 2 heterocycles. The first-order chi connectivity index (χ1) is 11.3. The van der Waals surface area contributed by atoms with E-state index in [1.165, 1.54) is 38.8 Å². The van der Waals surface area contributed by atoms with E-state index in [2.05, 4.69) is 27.4 Å². The predicted molar refractivity (Wildman–Crippen MR) is 93.8 cm³/mol. The molecule has 2 N–H and O–H groups in total. The van der Waals surface area contributed by atoms with Gasteiger partial charge in [-0.25, -0.2) is 0 Å². The third-order valence-electron chi connectivity index (χ3n) is 4.67. The van der Waals surface area contributed by atoms with Gasteiger partial charge in [-0.3, -0.25) is 4.99 Å². The van der Waals surface area contributed by atoms with Crippen molar-refractivity contribution in [2.75, 3.05) is 26.2 Å². The number of likely N-dealkylation sites (tertiary alicyclic amines) is 1. The van der Waals surface area contributed by atoms with E-state index < -0.39 is 0 Å². The minimum atomic E-state index is 0.553. The Balaban J connectivity index is 1.42. The van der Waals surface area contributed by atoms with Crippen LogP contribution in [0.3, 0.4) is 0 Å². The zero-order valence-electron chi connectivity index (χ0n) is 14.3. The van der Waals surface area contributed by atoms with Gasteiger partial charge in [0.2, 0.25) is 0 Å². The van der Waals surface area contributed by atoms with E-state index in [-0.39, 0.29) is 0 Å². The average molecular weight is 318 g/mol. The number of guanidine groups is 1. The number of piperidine rings is 1. The molecular formula is C18H30N4O. The van der Waals surface area contributed by atoms with Gasteiger partial charge in [-0.1, -0.05) is 6.92 Å². The van der Waals surface area contributed by atoms with Gasteiger partial charge in [0, 0.05) is 44.7 Å². The first-order valence-corrected chi connectivity index (χ1v) is 9.16. The van der Waals surface area contributed by atoms with Crippen LogP contribution >= 0.6 is 0 Å². The van der Waals surface area contributed by atoms with Crippen molar-refractivity contribution in [2.24, 2.45) is 4.99 Å². The highest BCUT2D eigenvalue weighted by molar-refractivity contribution is 5.80. The van der Waals surface area contributed by atoms with Crippen LogP contribution in [0.4, 0.5) is 0 Å². The largest absolute Gasteiger partial charge is 0.469 e. The summed E-state index contributed by atoms with van der Waals surface area (Å²) < 4.78 is 5.38. The van der Waals surface area contributed by atoms with Crippen LogP contribution in [-0.2, 0) is 6.42 Å². The van der Waals surface area contributed by atoms with E-state index in [1.54, 1.807) is 6.26 Å². The van der Waals surface area contributed by atoms with Gasteiger partial charge in [0.25, 0.3) is 0 Å². The lowest BCUT2D eigenvalue weighted by atomic mass is 10.1. The summed E-state index contributed by atoms with van der Waals surface area (Å²) in [6.45, 7) is 6.35. The van der Waals surface area contributed by atoms with Crippen LogP contribution in [-0.4, -0.2) is 49.1 Å². The quantitative estimate of drug-likeness (QED) is 0.599. The summed E-state index contributed by atoms with van der Waals surface area (Å²) in [6.07, 6.45) is 8.97. The number of hydrogen-bond donors (Lipinski definition) is 2. The maximum atomic E-state index is 5.38. The number of hydrogen-bond acceptors (Lipinski definition) is 3. The van der Waals surface area contributed by atoms with E-state index >= 15 is 0 Å². The number of aliphatic imine (C=N–C) groups is 1. The Labute approximate surface area is 139 Å². The van der Waals surface area contributed by atoms with Crippen LogP contribution < -0.4 is 10.6 Å². The molecule has 0 aromatic carbocycles. The van der Waals surface area contributed by atoms with Gasteiger partial charge < -0.3 is 20.0 Å². The highest BCUT2D eigenvalue weighted by Crippen LogP contribution is 2.29. The fraction of sp³-hybridized carbons (Fsp3) is 0.722. The first-order valence-electron chi connectivity index (χ1n) is 9.16. The maximum Gasteiger partial charge on any atom is 0.191 e. The molecule has 5 heteroatoms. The number of furan rings is 1. The van der Waals surface area contributed by atoms with Gasteiger partial charge in [0.05, 0.1) is 6.26 Å². The molecule has 1 saturated heterocycles. The fourth-order valence-electron chi connectivity index (χ4n) is 3.18. The Morgan fingerprint density at radius 2 is 2.13 bits per heavy atom. The Morgan fingerprint density at radius 3 is 2.78 bits per heavy atom. The van der Waals surface area contributed by atoms with Gasteiger partial charge in [0.1, 0.15) is 5.76 Å². The molecule has 2 fully saturated rings. The maximum absolute atomic E-state index is 5.38. The Kier molecular flexibility index (Phi) is 5.97. The van der Waals surface area contributed by atoms with Crippen LogP contribution in [0.5, 0.6) is 0 Å². The number of nitrogens with zero attached hydrogens (tertiary/aromatic N) is 2. The second-order valence-electron chi connectivity index (χ2n) is 6.67. The summed E-state index contributed by atoms with van der Waals surface area (Å²) in [6, 6.07) is 5.41. The molecule has 0 amide bonds. The standard InChI is InChI=1S/C18H30N4O/c1-2-10-19-18(20-11-7-17-4-3-14-23-17)21-15-8-12-22(13-9-15)16-5-6-16/h3-4,14-16H,2,5-13H2,1H3,(H2,19,20,21). The van der Waals surface area contributed by atoms with Crippen LogP contribution in [0, 0.1) is 0 Å². The minimum Gasteiger partial charge on any atom is -0.469 e. The fourth-order valence-corrected chi connectivity index (χ4v) is 3.18. The predicted octanol–water partition coefficient (Wildman–Crippen LogP) is 2.39. The number of nitrogens with one attached hydrogen (secondary N) is 2. The molecular weight excluding hydrogens is 288 g/mol. The van der Waals surface area contributed by atoms with Crippen molar-refractivity contribution in [3.05, 3.63) is 24.2 Å². The molecule has 1 aliphatic carbocycles. The summed E-state index contributed by atoms with van der Waals surface area (Å²) >= 11 is 0. The molecule has 0 unspecified atom stereocenters. The third kappa shape index (κ3) is 5.27. The molecule has 3 rings (SSSR count). The second kappa shape index (κ2) is 8.39. The van der Waals surface area contributed by atoms with Crippen molar-refractivity contribution in [3.8, 4) is 0 Å². The molecule has 1 aliphatic heterocycles. The van der Waals surface area contributed by atoms with E-state index in [0.29, 0.717) is 6.04 Å². The normalized spacial score (nSPS) is 20.7. The average Bonchev–Trinajstić information content (AvgIpc) is 3.30. The summed E-state index contributed by atoms with van der Waals surface area (Å²) in [5.41, 5.74) is 0. The summed E-state index contributed by atoms with van der Waals surface area (Å²) in [7, 11) is 0. The molecule has 0 bridgehead atoms. The summed E-state index contributed by atoms with van der Waals surface area (Å²) in [5.74, 6) is 1.98. The van der Waals surface area contributed by atoms with Gasteiger partial charge in [0.15, 0.2) is 5.96 Å². The Morgan fingerprint density at radius 1 is 1.30 bits per heavy atom. The molecule has 5 nitrogen and oxygen atoms in total. The molecule has 128 valence electrons. The van der Waals surface area contributed by atoms with Gasteiger partial charge in [-0.2, -0.15) is 0 Å². The molecule has 1 saturated carbocycles. The number of rotatable bonds is 7. The lowest BCUT2D eigenvalue weighted by molar-refractivity contribution is 0.197. The highest BCUT2D eigenvalue weighted by Gasteiger charge is 2.31. The minimum absolute atomic E-state index is 0.553. The lowest BCUT2D eigenvalue weighted by Gasteiger charge is -2.33. The molecule has 0 radical (unpaired) electrons. The van der Waals surface area contributed by atoms with E-state index in [1.807, 2.05) is 12.1 Å². The van der Waals surface area contributed by atoms with E-state index in [4.69, 9.17) is 4.42 Å². The summed E-state index contributed by atoms with van der Waals surface area (Å²) in [5, 5.41) is 7.08. The SMILES string of the molecule is CCCN=C(NCCc1ccco1)NC1CCN(C2CC2)CC1. The molecule has 23 heavy (non-hydrogen) atoms. The van der Waals surface area contributed by atoms with Crippen molar-refractivity contribution in [3.63, 3.8) is 0 Å². The Bertz CT molecular complexity index is 473. The van der Waals surface area contributed by atoms with E-state index in [9.17, 15) is 0 Å². The van der Waals surface area contributed by atoms with Crippen molar-refractivity contribution in [1.82, 2.24) is 15.5 Å². The van der Waals surface area contributed by atoms with Crippen LogP contribution in [0.2, 0.25) is 0 Å². The van der Waals surface area contributed by atoms with Gasteiger partial charge >= 0.3 is 0 Å². The van der Waals surface area contributed by atoms with Crippen molar-refractivity contribution >= 4 is 5.96 Å². The molecule has 0 atom stereocenters. The molecule has 2 aliphatic rings. The van der Waals surface area contributed by atoms with Crippen LogP contribution in [0.25, 0.3) is 0 Å². The second-order valence-corrected chi connectivity index (χ2v) is 6.67. The molecule has 1 aromatic heterocycles. The van der Waals surface area contributed by atoms with Crippen molar-refractivity contribution in [2.45, 2.75) is 57.5 Å². The van der Waals surface area contributed by atoms with Gasteiger partial charge in [-0.05, 0) is 44.2 Å².